The Labute approximate surface area is 119 Å². The lowest BCUT2D eigenvalue weighted by Crippen LogP contribution is -2.49. The van der Waals surface area contributed by atoms with Crippen LogP contribution in [0.1, 0.15) is 31.7 Å². The third-order valence-corrected chi connectivity index (χ3v) is 4.09. The highest BCUT2D eigenvalue weighted by Gasteiger charge is 2.31. The maximum Gasteiger partial charge on any atom is 0.320 e. The van der Waals surface area contributed by atoms with Crippen molar-refractivity contribution in [1.82, 2.24) is 4.90 Å². The van der Waals surface area contributed by atoms with Gasteiger partial charge < -0.3 is 5.11 Å². The average Bonchev–Trinajstić information content (AvgIpc) is 2.41. The van der Waals surface area contributed by atoms with Crippen LogP contribution in [0.25, 0.3) is 0 Å². The Kier molecular flexibility index (Phi) is 4.83. The van der Waals surface area contributed by atoms with Gasteiger partial charge in [-0.05, 0) is 50.4 Å². The van der Waals surface area contributed by atoms with Crippen molar-refractivity contribution in [3.8, 4) is 0 Å². The van der Waals surface area contributed by atoms with Gasteiger partial charge in [-0.15, -0.1) is 0 Å². The van der Waals surface area contributed by atoms with Crippen molar-refractivity contribution in [3.05, 3.63) is 34.9 Å². The normalized spacial score (nSPS) is 22.1. The van der Waals surface area contributed by atoms with E-state index in [0.717, 1.165) is 37.3 Å². The summed E-state index contributed by atoms with van der Waals surface area (Å²) in [7, 11) is 0. The van der Waals surface area contributed by atoms with Crippen molar-refractivity contribution in [2.45, 2.75) is 44.7 Å². The first-order valence-corrected chi connectivity index (χ1v) is 7.18. The first-order valence-electron chi connectivity index (χ1n) is 6.81. The highest BCUT2D eigenvalue weighted by Crippen LogP contribution is 2.22. The molecule has 0 spiro atoms. The zero-order valence-corrected chi connectivity index (χ0v) is 11.9. The van der Waals surface area contributed by atoms with Crippen molar-refractivity contribution >= 4 is 17.6 Å². The molecule has 1 N–H and O–H groups in total. The molecule has 3 nitrogen and oxygen atoms in total. The van der Waals surface area contributed by atoms with E-state index in [0.29, 0.717) is 0 Å². The molecule has 1 aromatic carbocycles. The highest BCUT2D eigenvalue weighted by molar-refractivity contribution is 6.30. The van der Waals surface area contributed by atoms with E-state index in [4.69, 9.17) is 11.6 Å². The molecule has 0 amide bonds. The number of hydrogen-bond donors (Lipinski definition) is 1. The molecule has 2 unspecified atom stereocenters. The zero-order valence-electron chi connectivity index (χ0n) is 11.2. The van der Waals surface area contributed by atoms with Crippen LogP contribution < -0.4 is 0 Å². The number of carboxylic acid groups (broad SMARTS) is 1. The smallest absolute Gasteiger partial charge is 0.320 e. The van der Waals surface area contributed by atoms with Gasteiger partial charge in [0.05, 0.1) is 0 Å². The molecule has 0 bridgehead atoms. The van der Waals surface area contributed by atoms with Crippen molar-refractivity contribution < 1.29 is 9.90 Å². The van der Waals surface area contributed by atoms with Gasteiger partial charge in [0.1, 0.15) is 6.04 Å². The summed E-state index contributed by atoms with van der Waals surface area (Å²) in [6, 6.07) is 7.71. The van der Waals surface area contributed by atoms with E-state index >= 15 is 0 Å². The van der Waals surface area contributed by atoms with Gasteiger partial charge in [-0.1, -0.05) is 30.2 Å². The molecule has 1 fully saturated rings. The Morgan fingerprint density at radius 3 is 2.74 bits per heavy atom. The highest BCUT2D eigenvalue weighted by atomic mass is 35.5. The van der Waals surface area contributed by atoms with E-state index in [1.807, 2.05) is 24.3 Å². The lowest BCUT2D eigenvalue weighted by atomic mass is 9.97. The first kappa shape index (κ1) is 14.4. The van der Waals surface area contributed by atoms with Crippen LogP contribution >= 0.6 is 11.6 Å². The van der Waals surface area contributed by atoms with Crippen LogP contribution in [0.2, 0.25) is 5.02 Å². The van der Waals surface area contributed by atoms with E-state index in [2.05, 4.69) is 11.8 Å². The second-order valence-electron chi connectivity index (χ2n) is 5.27. The summed E-state index contributed by atoms with van der Waals surface area (Å²) in [4.78, 5) is 13.4. The summed E-state index contributed by atoms with van der Waals surface area (Å²) in [5, 5.41) is 10.0. The molecule has 4 heteroatoms. The number of aliphatic carboxylic acids is 1. The minimum Gasteiger partial charge on any atom is -0.480 e. The van der Waals surface area contributed by atoms with Gasteiger partial charge in [0.25, 0.3) is 0 Å². The number of piperidine rings is 1. The number of nitrogens with zero attached hydrogens (tertiary/aromatic N) is 1. The summed E-state index contributed by atoms with van der Waals surface area (Å²) in [5.74, 6) is -0.692. The van der Waals surface area contributed by atoms with Gasteiger partial charge in [0.15, 0.2) is 0 Å². The maximum atomic E-state index is 11.3. The number of carbonyl (C=O) groups is 1. The minimum absolute atomic E-state index is 0.238. The molecule has 0 aromatic heterocycles. The van der Waals surface area contributed by atoms with Gasteiger partial charge in [0, 0.05) is 11.1 Å². The summed E-state index contributed by atoms with van der Waals surface area (Å²) in [6.07, 6.45) is 3.73. The molecule has 0 aliphatic carbocycles. The predicted octanol–water partition coefficient (Wildman–Crippen LogP) is 3.21. The minimum atomic E-state index is -0.692. The average molecular weight is 282 g/mol. The van der Waals surface area contributed by atoms with Crippen molar-refractivity contribution in [2.75, 3.05) is 6.54 Å². The number of benzene rings is 1. The Morgan fingerprint density at radius 1 is 1.42 bits per heavy atom. The Hall–Kier alpha value is -1.06. The second-order valence-corrected chi connectivity index (χ2v) is 5.70. The fourth-order valence-corrected chi connectivity index (χ4v) is 2.95. The molecule has 1 aliphatic rings. The molecule has 19 heavy (non-hydrogen) atoms. The van der Waals surface area contributed by atoms with E-state index in [1.54, 1.807) is 0 Å². The standard InChI is InChI=1S/C15H20ClNO2/c1-11(10-12-5-7-13(16)8-6-12)17-9-3-2-4-14(17)15(18)19/h5-8,11,14H,2-4,9-10H2,1H3,(H,18,19). The number of carboxylic acids is 1. The van der Waals surface area contributed by atoms with Crippen LogP contribution in [0.15, 0.2) is 24.3 Å². The summed E-state index contributed by atoms with van der Waals surface area (Å²) < 4.78 is 0. The molecule has 0 radical (unpaired) electrons. The number of hydrogen-bond acceptors (Lipinski definition) is 2. The Balaban J connectivity index is 2.03. The molecule has 0 saturated carbocycles. The topological polar surface area (TPSA) is 40.5 Å². The molecule has 1 aliphatic heterocycles. The van der Waals surface area contributed by atoms with Gasteiger partial charge in [-0.3, -0.25) is 9.69 Å². The monoisotopic (exact) mass is 281 g/mol. The van der Waals surface area contributed by atoms with Crippen LogP contribution in [0.3, 0.4) is 0 Å². The van der Waals surface area contributed by atoms with E-state index < -0.39 is 5.97 Å². The van der Waals surface area contributed by atoms with Crippen LogP contribution in [0, 0.1) is 0 Å². The van der Waals surface area contributed by atoms with E-state index in [9.17, 15) is 9.90 Å². The molecule has 2 rings (SSSR count). The number of likely N-dealkylation sites (tertiary alicyclic amines) is 1. The molecular weight excluding hydrogens is 262 g/mol. The summed E-state index contributed by atoms with van der Waals surface area (Å²) in [6.45, 7) is 2.99. The zero-order chi connectivity index (χ0) is 13.8. The second kappa shape index (κ2) is 6.40. The van der Waals surface area contributed by atoms with Crippen LogP contribution in [0.4, 0.5) is 0 Å². The van der Waals surface area contributed by atoms with Crippen LogP contribution in [0.5, 0.6) is 0 Å². The quantitative estimate of drug-likeness (QED) is 0.921. The summed E-state index contributed by atoms with van der Waals surface area (Å²) >= 11 is 5.87. The van der Waals surface area contributed by atoms with E-state index in [-0.39, 0.29) is 12.1 Å². The third kappa shape index (κ3) is 3.71. The van der Waals surface area contributed by atoms with E-state index in [1.165, 1.54) is 5.56 Å². The molecular formula is C15H20ClNO2. The van der Waals surface area contributed by atoms with Crippen molar-refractivity contribution in [3.63, 3.8) is 0 Å². The predicted molar refractivity (Wildman–Crippen MR) is 76.6 cm³/mol. The first-order chi connectivity index (χ1) is 9.08. The van der Waals surface area contributed by atoms with Crippen LogP contribution in [-0.4, -0.2) is 34.6 Å². The summed E-state index contributed by atoms with van der Waals surface area (Å²) in [5.41, 5.74) is 1.20. The molecule has 2 atom stereocenters. The van der Waals surface area contributed by atoms with Crippen LogP contribution in [-0.2, 0) is 11.2 Å². The number of rotatable bonds is 4. The lowest BCUT2D eigenvalue weighted by Gasteiger charge is -2.37. The number of halogens is 1. The van der Waals surface area contributed by atoms with Gasteiger partial charge in [0.2, 0.25) is 0 Å². The van der Waals surface area contributed by atoms with Gasteiger partial charge >= 0.3 is 5.97 Å². The molecule has 104 valence electrons. The maximum absolute atomic E-state index is 11.3. The largest absolute Gasteiger partial charge is 0.480 e. The van der Waals surface area contributed by atoms with Gasteiger partial charge in [-0.25, -0.2) is 0 Å². The Bertz CT molecular complexity index is 432. The Morgan fingerprint density at radius 2 is 2.11 bits per heavy atom. The fourth-order valence-electron chi connectivity index (χ4n) is 2.83. The SMILES string of the molecule is CC(Cc1ccc(Cl)cc1)N1CCCCC1C(=O)O. The van der Waals surface area contributed by atoms with Crippen molar-refractivity contribution in [2.24, 2.45) is 0 Å². The molecule has 1 heterocycles. The lowest BCUT2D eigenvalue weighted by molar-refractivity contribution is -0.145. The van der Waals surface area contributed by atoms with Crippen molar-refractivity contribution in [1.29, 1.82) is 0 Å². The van der Waals surface area contributed by atoms with Gasteiger partial charge in [-0.2, -0.15) is 0 Å². The molecule has 1 aromatic rings. The fraction of sp³-hybridized carbons (Fsp3) is 0.533. The molecule has 1 saturated heterocycles. The third-order valence-electron chi connectivity index (χ3n) is 3.84.